The van der Waals surface area contributed by atoms with Gasteiger partial charge in [0.2, 0.25) is 5.75 Å². The molecule has 0 saturated heterocycles. The van der Waals surface area contributed by atoms with Crippen LogP contribution < -0.4 is 10.9 Å². The molecule has 0 bridgehead atoms. The molecule has 1 aromatic carbocycles. The molecule has 1 unspecified atom stereocenters. The summed E-state index contributed by atoms with van der Waals surface area (Å²) < 4.78 is 41.2. The minimum Gasteiger partial charge on any atom is -0.501 e. The molecule has 0 radical (unpaired) electrons. The van der Waals surface area contributed by atoms with Crippen LogP contribution in [0, 0.1) is 5.82 Å². The van der Waals surface area contributed by atoms with Crippen molar-refractivity contribution in [1.82, 2.24) is 23.5 Å². The molecule has 1 aliphatic heterocycles. The molecule has 3 rings (SSSR count). The Bertz CT molecular complexity index is 1130. The number of hydrogen-bond acceptors (Lipinski definition) is 6. The first-order valence-corrected chi connectivity index (χ1v) is 10.5. The van der Waals surface area contributed by atoms with E-state index in [2.05, 4.69) is 10.3 Å². The van der Waals surface area contributed by atoms with E-state index in [0.717, 1.165) is 8.61 Å². The van der Waals surface area contributed by atoms with Gasteiger partial charge in [0.15, 0.2) is 5.69 Å². The molecule has 0 saturated carbocycles. The number of halogens is 1. The summed E-state index contributed by atoms with van der Waals surface area (Å²) in [5, 5.41) is 12.7. The van der Waals surface area contributed by atoms with Crippen LogP contribution >= 0.6 is 0 Å². The van der Waals surface area contributed by atoms with Crippen LogP contribution in [0.4, 0.5) is 4.39 Å². The Morgan fingerprint density at radius 3 is 2.53 bits per heavy atom. The molecule has 0 spiro atoms. The molecule has 12 heteroatoms. The molecular weight excluding hydrogens is 417 g/mol. The van der Waals surface area contributed by atoms with Gasteiger partial charge in [-0.2, -0.15) is 17.0 Å². The molecule has 2 N–H and O–H groups in total. The summed E-state index contributed by atoms with van der Waals surface area (Å²) in [5.41, 5.74) is -0.696. The third-order valence-corrected chi connectivity index (χ3v) is 6.85. The number of aromatic hydroxyl groups is 1. The van der Waals surface area contributed by atoms with Crippen molar-refractivity contribution in [2.75, 3.05) is 21.1 Å². The standard InChI is InChI=1S/C18H22FN5O5S/c1-22(2)30(28,29)23(3)13-8-9-24-16(13)21-14(15(25)18(24)27)17(26)20-10-11-4-6-12(19)7-5-11/h4-7,13,25H,8-10H2,1-3H3,(H,20,26). The highest BCUT2D eigenvalue weighted by Crippen LogP contribution is 2.31. The van der Waals surface area contributed by atoms with Gasteiger partial charge in [0, 0.05) is 34.2 Å². The van der Waals surface area contributed by atoms with Crippen LogP contribution in [0.15, 0.2) is 29.1 Å². The predicted molar refractivity (Wildman–Crippen MR) is 105 cm³/mol. The molecule has 2 aromatic rings. The van der Waals surface area contributed by atoms with Crippen LogP contribution in [0.3, 0.4) is 0 Å². The Hall–Kier alpha value is -2.83. The van der Waals surface area contributed by atoms with Crippen molar-refractivity contribution in [2.24, 2.45) is 0 Å². The molecule has 0 fully saturated rings. The van der Waals surface area contributed by atoms with Crippen LogP contribution in [0.2, 0.25) is 0 Å². The maximum Gasteiger partial charge on any atom is 0.296 e. The van der Waals surface area contributed by atoms with Gasteiger partial charge in [-0.3, -0.25) is 14.2 Å². The minimum absolute atomic E-state index is 0.0248. The van der Waals surface area contributed by atoms with Gasteiger partial charge in [0.25, 0.3) is 21.7 Å². The van der Waals surface area contributed by atoms with Crippen molar-refractivity contribution in [3.8, 4) is 5.75 Å². The molecule has 162 valence electrons. The zero-order valence-electron chi connectivity index (χ0n) is 16.7. The van der Waals surface area contributed by atoms with E-state index in [9.17, 15) is 27.5 Å². The first-order chi connectivity index (χ1) is 14.0. The van der Waals surface area contributed by atoms with Crippen molar-refractivity contribution in [3.63, 3.8) is 0 Å². The Labute approximate surface area is 172 Å². The van der Waals surface area contributed by atoms with Gasteiger partial charge in [-0.15, -0.1) is 0 Å². The lowest BCUT2D eigenvalue weighted by molar-refractivity contribution is 0.0941. The van der Waals surface area contributed by atoms with E-state index in [1.165, 1.54) is 50.0 Å². The summed E-state index contributed by atoms with van der Waals surface area (Å²) in [7, 11) is 0.336. The number of rotatable bonds is 6. The Kier molecular flexibility index (Phi) is 5.92. The highest BCUT2D eigenvalue weighted by atomic mass is 32.2. The zero-order chi connectivity index (χ0) is 22.2. The number of nitrogens with one attached hydrogen (secondary N) is 1. The quantitative estimate of drug-likeness (QED) is 0.663. The SMILES string of the molecule is CN(C)S(=O)(=O)N(C)C1CCn2c1nc(C(=O)NCc1ccc(F)cc1)c(O)c2=O. The first-order valence-electron chi connectivity index (χ1n) is 9.06. The number of fused-ring (bicyclic) bond motifs is 1. The molecule has 0 aliphatic carbocycles. The van der Waals surface area contributed by atoms with Crippen LogP contribution in [-0.2, 0) is 23.3 Å². The topological polar surface area (TPSA) is 125 Å². The van der Waals surface area contributed by atoms with E-state index in [1.807, 2.05) is 0 Å². The number of nitrogens with zero attached hydrogens (tertiary/aromatic N) is 4. The van der Waals surface area contributed by atoms with Crippen molar-refractivity contribution < 1.29 is 22.7 Å². The van der Waals surface area contributed by atoms with E-state index in [4.69, 9.17) is 0 Å². The number of benzene rings is 1. The highest BCUT2D eigenvalue weighted by molar-refractivity contribution is 7.86. The largest absolute Gasteiger partial charge is 0.501 e. The molecule has 1 aromatic heterocycles. The number of carbonyl (C=O) groups excluding carboxylic acids is 1. The lowest BCUT2D eigenvalue weighted by Crippen LogP contribution is -2.40. The molecule has 1 aliphatic rings. The average molecular weight is 439 g/mol. The summed E-state index contributed by atoms with van der Waals surface area (Å²) in [6.45, 7) is 0.182. The Morgan fingerprint density at radius 2 is 1.93 bits per heavy atom. The third kappa shape index (κ3) is 3.93. The summed E-state index contributed by atoms with van der Waals surface area (Å²) in [4.78, 5) is 29.2. The summed E-state index contributed by atoms with van der Waals surface area (Å²) >= 11 is 0. The van der Waals surface area contributed by atoms with Gasteiger partial charge >= 0.3 is 0 Å². The van der Waals surface area contributed by atoms with Gasteiger partial charge in [-0.25, -0.2) is 9.37 Å². The molecular formula is C18H22FN5O5S. The highest BCUT2D eigenvalue weighted by Gasteiger charge is 2.37. The number of amides is 1. The second kappa shape index (κ2) is 8.13. The monoisotopic (exact) mass is 439 g/mol. The lowest BCUT2D eigenvalue weighted by Gasteiger charge is -2.26. The second-order valence-corrected chi connectivity index (χ2v) is 9.25. The van der Waals surface area contributed by atoms with Gasteiger partial charge in [0.05, 0.1) is 6.04 Å². The zero-order valence-corrected chi connectivity index (χ0v) is 17.5. The fourth-order valence-corrected chi connectivity index (χ4v) is 4.24. The van der Waals surface area contributed by atoms with E-state index < -0.39 is 45.0 Å². The van der Waals surface area contributed by atoms with Crippen LogP contribution in [-0.4, -0.2) is 58.7 Å². The van der Waals surface area contributed by atoms with Gasteiger partial charge in [-0.1, -0.05) is 12.1 Å². The molecule has 1 atom stereocenters. The van der Waals surface area contributed by atoms with Crippen molar-refractivity contribution in [1.29, 1.82) is 0 Å². The van der Waals surface area contributed by atoms with Crippen molar-refractivity contribution >= 4 is 16.1 Å². The lowest BCUT2D eigenvalue weighted by atomic mass is 10.2. The smallest absolute Gasteiger partial charge is 0.296 e. The predicted octanol–water partition coefficient (Wildman–Crippen LogP) is 0.201. The van der Waals surface area contributed by atoms with Gasteiger partial charge in [-0.05, 0) is 24.1 Å². The molecule has 1 amide bonds. The Morgan fingerprint density at radius 1 is 1.30 bits per heavy atom. The average Bonchev–Trinajstić information content (AvgIpc) is 3.13. The fraction of sp³-hybridized carbons (Fsp3) is 0.389. The van der Waals surface area contributed by atoms with Crippen molar-refractivity contribution in [3.05, 3.63) is 57.5 Å². The molecule has 10 nitrogen and oxygen atoms in total. The normalized spacial score (nSPS) is 16.1. The molecule has 30 heavy (non-hydrogen) atoms. The number of aromatic nitrogens is 2. The van der Waals surface area contributed by atoms with E-state index in [-0.39, 0.29) is 25.3 Å². The summed E-state index contributed by atoms with van der Waals surface area (Å²) in [6.07, 6.45) is 0.270. The minimum atomic E-state index is -3.79. The molecule has 2 heterocycles. The van der Waals surface area contributed by atoms with Gasteiger partial charge < -0.3 is 10.4 Å². The van der Waals surface area contributed by atoms with E-state index in [0.29, 0.717) is 5.56 Å². The van der Waals surface area contributed by atoms with E-state index in [1.54, 1.807) is 0 Å². The number of carbonyl (C=O) groups is 1. The summed E-state index contributed by atoms with van der Waals surface area (Å²) in [6, 6.07) is 4.68. The summed E-state index contributed by atoms with van der Waals surface area (Å²) in [5.74, 6) is -1.95. The maximum absolute atomic E-state index is 13.0. The fourth-order valence-electron chi connectivity index (χ4n) is 3.20. The maximum atomic E-state index is 13.0. The van der Waals surface area contributed by atoms with Crippen LogP contribution in [0.5, 0.6) is 5.75 Å². The van der Waals surface area contributed by atoms with E-state index >= 15 is 0 Å². The number of hydrogen-bond donors (Lipinski definition) is 2. The van der Waals surface area contributed by atoms with Crippen LogP contribution in [0.1, 0.15) is 34.3 Å². The Balaban J connectivity index is 1.91. The van der Waals surface area contributed by atoms with Gasteiger partial charge in [0.1, 0.15) is 11.6 Å². The second-order valence-electron chi connectivity index (χ2n) is 7.04. The first kappa shape index (κ1) is 21.9. The van der Waals surface area contributed by atoms with Crippen LogP contribution in [0.25, 0.3) is 0 Å². The van der Waals surface area contributed by atoms with Crippen molar-refractivity contribution in [2.45, 2.75) is 25.6 Å². The third-order valence-electron chi connectivity index (χ3n) is 4.94.